The SMILES string of the molecule is CCOC1OCC(C)(C)c2cc(OS(C)(=O)=O)ccc2O1. The minimum atomic E-state index is -3.57. The molecule has 0 saturated heterocycles. The molecule has 0 radical (unpaired) electrons. The van der Waals surface area contributed by atoms with Gasteiger partial charge in [0.2, 0.25) is 0 Å². The molecule has 1 aromatic carbocycles. The lowest BCUT2D eigenvalue weighted by molar-refractivity contribution is -0.244. The third-order valence-electron chi connectivity index (χ3n) is 3.03. The summed E-state index contributed by atoms with van der Waals surface area (Å²) in [5.41, 5.74) is 0.448. The summed E-state index contributed by atoms with van der Waals surface area (Å²) < 4.78 is 44.0. The molecule has 1 unspecified atom stereocenters. The molecule has 0 N–H and O–H groups in total. The Morgan fingerprint density at radius 1 is 1.38 bits per heavy atom. The normalized spacial score (nSPS) is 21.0. The Bertz CT molecular complexity index is 608. The van der Waals surface area contributed by atoms with Gasteiger partial charge in [0.05, 0.1) is 19.5 Å². The van der Waals surface area contributed by atoms with Gasteiger partial charge in [-0.25, -0.2) is 0 Å². The van der Waals surface area contributed by atoms with E-state index in [1.807, 2.05) is 20.8 Å². The van der Waals surface area contributed by atoms with E-state index >= 15 is 0 Å². The van der Waals surface area contributed by atoms with Gasteiger partial charge in [-0.05, 0) is 25.1 Å². The minimum absolute atomic E-state index is 0.253. The Balaban J connectivity index is 2.37. The number of benzene rings is 1. The highest BCUT2D eigenvalue weighted by Crippen LogP contribution is 2.38. The summed E-state index contributed by atoms with van der Waals surface area (Å²) in [5, 5.41) is 0. The highest BCUT2D eigenvalue weighted by atomic mass is 32.2. The second-order valence-electron chi connectivity index (χ2n) is 5.50. The third kappa shape index (κ3) is 4.09. The van der Waals surface area contributed by atoms with Crippen LogP contribution in [0.15, 0.2) is 18.2 Å². The van der Waals surface area contributed by atoms with Crippen molar-refractivity contribution >= 4 is 10.1 Å². The summed E-state index contributed by atoms with van der Waals surface area (Å²) in [6, 6.07) is 4.87. The van der Waals surface area contributed by atoms with Crippen molar-refractivity contribution in [3.63, 3.8) is 0 Å². The highest BCUT2D eigenvalue weighted by Gasteiger charge is 2.32. The van der Waals surface area contributed by atoms with E-state index in [9.17, 15) is 8.42 Å². The van der Waals surface area contributed by atoms with Gasteiger partial charge >= 0.3 is 16.6 Å². The van der Waals surface area contributed by atoms with Crippen LogP contribution >= 0.6 is 0 Å². The first kappa shape index (κ1) is 16.1. The van der Waals surface area contributed by atoms with Gasteiger partial charge in [0.15, 0.2) is 0 Å². The molecule has 0 aliphatic carbocycles. The Labute approximate surface area is 125 Å². The molecule has 2 rings (SSSR count). The van der Waals surface area contributed by atoms with E-state index < -0.39 is 16.6 Å². The van der Waals surface area contributed by atoms with Crippen LogP contribution in [0.1, 0.15) is 26.3 Å². The zero-order valence-corrected chi connectivity index (χ0v) is 13.4. The molecular formula is C14H20O6S. The lowest BCUT2D eigenvalue weighted by Crippen LogP contribution is -2.27. The Hall–Kier alpha value is -1.31. The predicted octanol–water partition coefficient (Wildman–Crippen LogP) is 2.03. The van der Waals surface area contributed by atoms with Gasteiger partial charge in [0, 0.05) is 11.0 Å². The van der Waals surface area contributed by atoms with Gasteiger partial charge in [-0.1, -0.05) is 13.8 Å². The first-order valence-electron chi connectivity index (χ1n) is 6.65. The van der Waals surface area contributed by atoms with Crippen molar-refractivity contribution in [2.45, 2.75) is 32.7 Å². The van der Waals surface area contributed by atoms with Crippen molar-refractivity contribution in [1.82, 2.24) is 0 Å². The number of fused-ring (bicyclic) bond motifs is 1. The molecule has 1 heterocycles. The summed E-state index contributed by atoms with van der Waals surface area (Å²) in [6.07, 6.45) is 1.01. The lowest BCUT2D eigenvalue weighted by atomic mass is 9.85. The van der Waals surface area contributed by atoms with Crippen LogP contribution in [0, 0.1) is 0 Å². The third-order valence-corrected chi connectivity index (χ3v) is 3.53. The monoisotopic (exact) mass is 316 g/mol. The summed E-state index contributed by atoms with van der Waals surface area (Å²) >= 11 is 0. The number of hydrogen-bond acceptors (Lipinski definition) is 6. The highest BCUT2D eigenvalue weighted by molar-refractivity contribution is 7.86. The molecular weight excluding hydrogens is 296 g/mol. The molecule has 6 nitrogen and oxygen atoms in total. The fraction of sp³-hybridized carbons (Fsp3) is 0.571. The number of ether oxygens (including phenoxy) is 3. The molecule has 0 aromatic heterocycles. The maximum absolute atomic E-state index is 11.2. The molecule has 118 valence electrons. The van der Waals surface area contributed by atoms with Crippen molar-refractivity contribution in [3.05, 3.63) is 23.8 Å². The van der Waals surface area contributed by atoms with Crippen LogP contribution in [0.25, 0.3) is 0 Å². The molecule has 1 aliphatic heterocycles. The van der Waals surface area contributed by atoms with E-state index in [0.29, 0.717) is 19.0 Å². The number of hydrogen-bond donors (Lipinski definition) is 0. The molecule has 0 bridgehead atoms. The van der Waals surface area contributed by atoms with Crippen molar-refractivity contribution in [3.8, 4) is 11.5 Å². The maximum Gasteiger partial charge on any atom is 0.315 e. The smallest absolute Gasteiger partial charge is 0.315 e. The minimum Gasteiger partial charge on any atom is -0.441 e. The standard InChI is InChI=1S/C14H20O6S/c1-5-17-13-18-9-14(2,3)11-8-10(20-21(4,15)16)6-7-12(11)19-13/h6-8,13H,5,9H2,1-4H3. The second-order valence-corrected chi connectivity index (χ2v) is 7.08. The van der Waals surface area contributed by atoms with Crippen LogP contribution < -0.4 is 8.92 Å². The van der Waals surface area contributed by atoms with E-state index in [4.69, 9.17) is 18.4 Å². The van der Waals surface area contributed by atoms with Gasteiger partial charge in [0.1, 0.15) is 11.5 Å². The quantitative estimate of drug-likeness (QED) is 0.792. The van der Waals surface area contributed by atoms with Crippen molar-refractivity contribution in [2.75, 3.05) is 19.5 Å². The first-order chi connectivity index (χ1) is 9.71. The molecule has 1 atom stereocenters. The first-order valence-corrected chi connectivity index (χ1v) is 8.47. The van der Waals surface area contributed by atoms with Crippen molar-refractivity contribution < 1.29 is 26.8 Å². The van der Waals surface area contributed by atoms with Crippen LogP contribution in [0.3, 0.4) is 0 Å². The molecule has 0 spiro atoms. The average Bonchev–Trinajstić information content (AvgIpc) is 2.47. The number of rotatable bonds is 4. The van der Waals surface area contributed by atoms with Gasteiger partial charge < -0.3 is 18.4 Å². The van der Waals surface area contributed by atoms with Gasteiger partial charge in [-0.3, -0.25) is 0 Å². The summed E-state index contributed by atoms with van der Waals surface area (Å²) in [5.74, 6) is 0.847. The van der Waals surface area contributed by atoms with E-state index in [2.05, 4.69) is 0 Å². The lowest BCUT2D eigenvalue weighted by Gasteiger charge is -2.23. The van der Waals surface area contributed by atoms with Gasteiger partial charge in [-0.15, -0.1) is 0 Å². The molecule has 0 saturated carbocycles. The molecule has 0 fully saturated rings. The molecule has 7 heteroatoms. The summed E-state index contributed by atoms with van der Waals surface area (Å²) in [7, 11) is -3.57. The van der Waals surface area contributed by atoms with Crippen LogP contribution in [-0.2, 0) is 25.0 Å². The Morgan fingerprint density at radius 2 is 2.10 bits per heavy atom. The molecule has 1 aromatic rings. The van der Waals surface area contributed by atoms with Crippen LogP contribution in [0.2, 0.25) is 0 Å². The topological polar surface area (TPSA) is 71.1 Å². The molecule has 21 heavy (non-hydrogen) atoms. The van der Waals surface area contributed by atoms with Gasteiger partial charge in [0.25, 0.3) is 0 Å². The molecule has 0 amide bonds. The fourth-order valence-corrected chi connectivity index (χ4v) is 2.53. The fourth-order valence-electron chi connectivity index (χ4n) is 2.08. The van der Waals surface area contributed by atoms with Crippen LogP contribution in [0.4, 0.5) is 0 Å². The summed E-state index contributed by atoms with van der Waals surface area (Å²) in [4.78, 5) is 0. The van der Waals surface area contributed by atoms with E-state index in [0.717, 1.165) is 11.8 Å². The maximum atomic E-state index is 11.2. The van der Waals surface area contributed by atoms with Crippen LogP contribution in [0.5, 0.6) is 11.5 Å². The largest absolute Gasteiger partial charge is 0.441 e. The average molecular weight is 316 g/mol. The van der Waals surface area contributed by atoms with E-state index in [1.165, 1.54) is 0 Å². The van der Waals surface area contributed by atoms with Crippen LogP contribution in [-0.4, -0.2) is 34.4 Å². The van der Waals surface area contributed by atoms with Gasteiger partial charge in [-0.2, -0.15) is 8.42 Å². The van der Waals surface area contributed by atoms with Crippen molar-refractivity contribution in [2.24, 2.45) is 0 Å². The summed E-state index contributed by atoms with van der Waals surface area (Å²) in [6.45, 7) is 5.90. The Morgan fingerprint density at radius 3 is 2.71 bits per heavy atom. The van der Waals surface area contributed by atoms with E-state index in [-0.39, 0.29) is 11.2 Å². The second kappa shape index (κ2) is 5.82. The van der Waals surface area contributed by atoms with Crippen molar-refractivity contribution in [1.29, 1.82) is 0 Å². The predicted molar refractivity (Wildman–Crippen MR) is 76.9 cm³/mol. The van der Waals surface area contributed by atoms with E-state index in [1.54, 1.807) is 18.2 Å². The zero-order chi connectivity index (χ0) is 15.7. The molecule has 1 aliphatic rings. The zero-order valence-electron chi connectivity index (χ0n) is 12.6. The Kier molecular flexibility index (Phi) is 4.46.